The molecule has 1 saturated heterocycles. The van der Waals surface area contributed by atoms with Crippen LogP contribution in [0.25, 0.3) is 0 Å². The molecule has 3 aromatic rings. The molecule has 0 spiro atoms. The number of ketones is 1. The first-order valence-electron chi connectivity index (χ1n) is 12.0. The number of hydrogen-bond acceptors (Lipinski definition) is 5. The fourth-order valence-corrected chi connectivity index (χ4v) is 4.01. The Morgan fingerprint density at radius 2 is 1.73 bits per heavy atom. The van der Waals surface area contributed by atoms with Gasteiger partial charge in [-0.15, -0.1) is 0 Å². The lowest BCUT2D eigenvalue weighted by molar-refractivity contribution is -0.137. The third-order valence-electron chi connectivity index (χ3n) is 5.97. The van der Waals surface area contributed by atoms with Crippen LogP contribution in [-0.4, -0.2) is 29.9 Å². The normalized spacial score (nSPS) is 13.4. The number of halogens is 3. The fraction of sp³-hybridized carbons (Fsp3) is 0.296. The first-order chi connectivity index (χ1) is 17.7. The average molecular weight is 513 g/mol. The number of urea groups is 1. The highest BCUT2D eigenvalue weighted by molar-refractivity contribution is 5.94. The molecule has 4 rings (SSSR count). The van der Waals surface area contributed by atoms with E-state index >= 15 is 0 Å². The van der Waals surface area contributed by atoms with Crippen LogP contribution in [-0.2, 0) is 12.7 Å². The van der Waals surface area contributed by atoms with Crippen LogP contribution in [0.2, 0.25) is 0 Å². The topological polar surface area (TPSA) is 83.6 Å². The van der Waals surface area contributed by atoms with Crippen molar-refractivity contribution >= 4 is 23.2 Å². The van der Waals surface area contributed by atoms with E-state index in [2.05, 4.69) is 15.6 Å². The molecule has 0 unspecified atom stereocenters. The van der Waals surface area contributed by atoms with Gasteiger partial charge in [0.1, 0.15) is 17.2 Å². The van der Waals surface area contributed by atoms with Crippen LogP contribution in [0, 0.1) is 0 Å². The Hall–Kier alpha value is -4.08. The summed E-state index contributed by atoms with van der Waals surface area (Å²) in [5.74, 6) is 0.934. The molecule has 1 fully saturated rings. The summed E-state index contributed by atoms with van der Waals surface area (Å²) in [6.07, 6.45) is -0.755. The van der Waals surface area contributed by atoms with Gasteiger partial charge in [-0.3, -0.25) is 9.78 Å². The number of benzene rings is 2. The van der Waals surface area contributed by atoms with E-state index in [1.807, 2.05) is 4.90 Å². The van der Waals surface area contributed by atoms with E-state index in [4.69, 9.17) is 4.74 Å². The smallest absolute Gasteiger partial charge is 0.416 e. The predicted octanol–water partition coefficient (Wildman–Crippen LogP) is 6.41. The van der Waals surface area contributed by atoms with Crippen molar-refractivity contribution in [1.82, 2.24) is 10.3 Å². The number of anilines is 2. The lowest BCUT2D eigenvalue weighted by Crippen LogP contribution is -2.29. The summed E-state index contributed by atoms with van der Waals surface area (Å²) in [7, 11) is 0. The molecule has 0 atom stereocenters. The molecule has 1 aromatic heterocycles. The number of nitrogens with one attached hydrogen (secondary N) is 2. The molecule has 0 bridgehead atoms. The van der Waals surface area contributed by atoms with Gasteiger partial charge in [-0.2, -0.15) is 13.2 Å². The molecule has 2 amide bonds. The van der Waals surface area contributed by atoms with Crippen LogP contribution in [0.1, 0.15) is 47.8 Å². The lowest BCUT2D eigenvalue weighted by Gasteiger charge is -2.23. The molecule has 0 radical (unpaired) electrons. The number of ether oxygens (including phenoxy) is 1. The second-order valence-electron chi connectivity index (χ2n) is 8.63. The number of pyridine rings is 1. The van der Waals surface area contributed by atoms with Crippen molar-refractivity contribution < 1.29 is 27.5 Å². The number of carbonyl (C=O) groups is 2. The zero-order chi connectivity index (χ0) is 26.4. The summed E-state index contributed by atoms with van der Waals surface area (Å²) in [5, 5.41) is 5.27. The number of alkyl halides is 3. The minimum absolute atomic E-state index is 0.0807. The highest BCUT2D eigenvalue weighted by Gasteiger charge is 2.32. The molecule has 1 aliphatic heterocycles. The number of carbonyl (C=O) groups excluding carboxylic acids is 2. The maximum Gasteiger partial charge on any atom is 0.416 e. The van der Waals surface area contributed by atoms with Crippen molar-refractivity contribution in [3.05, 3.63) is 77.6 Å². The van der Waals surface area contributed by atoms with Crippen LogP contribution >= 0.6 is 0 Å². The third kappa shape index (κ3) is 6.78. The van der Waals surface area contributed by atoms with E-state index in [9.17, 15) is 22.8 Å². The maximum atomic E-state index is 13.3. The van der Waals surface area contributed by atoms with Gasteiger partial charge in [-0.1, -0.05) is 19.1 Å². The van der Waals surface area contributed by atoms with Gasteiger partial charge in [-0.25, -0.2) is 4.79 Å². The Balaban J connectivity index is 1.37. The second kappa shape index (κ2) is 11.3. The van der Waals surface area contributed by atoms with Gasteiger partial charge >= 0.3 is 12.2 Å². The van der Waals surface area contributed by atoms with Crippen molar-refractivity contribution in [2.24, 2.45) is 0 Å². The minimum Gasteiger partial charge on any atom is -0.457 e. The Labute approximate surface area is 212 Å². The summed E-state index contributed by atoms with van der Waals surface area (Å²) in [6.45, 7) is 3.38. The number of hydrogen-bond donors (Lipinski definition) is 2. The van der Waals surface area contributed by atoms with E-state index in [1.54, 1.807) is 43.3 Å². The highest BCUT2D eigenvalue weighted by atomic mass is 19.4. The summed E-state index contributed by atoms with van der Waals surface area (Å²) < 4.78 is 45.6. The quantitative estimate of drug-likeness (QED) is 0.341. The van der Waals surface area contributed by atoms with Gasteiger partial charge in [0.2, 0.25) is 0 Å². The Bertz CT molecular complexity index is 1260. The standard InChI is InChI=1S/C27H27F3N4O3/c1-2-25(35)23-16-21(11-12-31-23)37-20-8-5-18(6-9-20)17-32-26(36)33-22-15-19(27(28,29)30)7-10-24(22)34-13-3-4-14-34/h5-12,15-16H,2-4,13-14,17H2,1H3,(H2,32,33,36). The maximum absolute atomic E-state index is 13.3. The molecule has 2 heterocycles. The van der Waals surface area contributed by atoms with Gasteiger partial charge in [0, 0.05) is 38.3 Å². The van der Waals surface area contributed by atoms with Crippen molar-refractivity contribution in [1.29, 1.82) is 0 Å². The molecular weight excluding hydrogens is 485 g/mol. The van der Waals surface area contributed by atoms with E-state index in [-0.39, 0.29) is 18.0 Å². The van der Waals surface area contributed by atoms with E-state index in [0.29, 0.717) is 29.3 Å². The molecule has 37 heavy (non-hydrogen) atoms. The van der Waals surface area contributed by atoms with Crippen molar-refractivity contribution in [3.8, 4) is 11.5 Å². The van der Waals surface area contributed by atoms with Crippen LogP contribution in [0.3, 0.4) is 0 Å². The Morgan fingerprint density at radius 3 is 2.41 bits per heavy atom. The SMILES string of the molecule is CCC(=O)c1cc(Oc2ccc(CNC(=O)Nc3cc(C(F)(F)F)ccc3N3CCCC3)cc2)ccn1. The molecule has 7 nitrogen and oxygen atoms in total. The first-order valence-corrected chi connectivity index (χ1v) is 12.0. The van der Waals surface area contributed by atoms with E-state index < -0.39 is 17.8 Å². The summed E-state index contributed by atoms with van der Waals surface area (Å²) in [5.41, 5.74) is 0.975. The van der Waals surface area contributed by atoms with E-state index in [0.717, 1.165) is 43.6 Å². The molecule has 194 valence electrons. The molecule has 10 heteroatoms. The number of nitrogens with zero attached hydrogens (tertiary/aromatic N) is 2. The molecule has 0 saturated carbocycles. The van der Waals surface area contributed by atoms with Crippen molar-refractivity contribution in [2.45, 2.75) is 38.9 Å². The number of aromatic nitrogens is 1. The van der Waals surface area contributed by atoms with Crippen LogP contribution in [0.4, 0.5) is 29.3 Å². The zero-order valence-electron chi connectivity index (χ0n) is 20.3. The van der Waals surface area contributed by atoms with Crippen LogP contribution in [0.5, 0.6) is 11.5 Å². The summed E-state index contributed by atoms with van der Waals surface area (Å²) >= 11 is 0. The van der Waals surface area contributed by atoms with Gasteiger partial charge in [0.25, 0.3) is 0 Å². The first kappa shape index (κ1) is 26.0. The molecule has 2 N–H and O–H groups in total. The highest BCUT2D eigenvalue weighted by Crippen LogP contribution is 2.36. The monoisotopic (exact) mass is 512 g/mol. The second-order valence-corrected chi connectivity index (χ2v) is 8.63. The van der Waals surface area contributed by atoms with Crippen LogP contribution in [0.15, 0.2) is 60.8 Å². The molecular formula is C27H27F3N4O3. The zero-order valence-corrected chi connectivity index (χ0v) is 20.3. The van der Waals surface area contributed by atoms with Gasteiger partial charge in [-0.05, 0) is 54.8 Å². The molecule has 1 aliphatic rings. The number of Topliss-reactive ketones (excluding diaryl/α,β-unsaturated/α-hetero) is 1. The summed E-state index contributed by atoms with van der Waals surface area (Å²) in [6, 6.07) is 13.0. The Morgan fingerprint density at radius 1 is 1.00 bits per heavy atom. The Kier molecular flexibility index (Phi) is 7.95. The largest absolute Gasteiger partial charge is 0.457 e. The van der Waals surface area contributed by atoms with Crippen LogP contribution < -0.4 is 20.3 Å². The van der Waals surface area contributed by atoms with Gasteiger partial charge in [0.05, 0.1) is 16.9 Å². The third-order valence-corrected chi connectivity index (χ3v) is 5.97. The average Bonchev–Trinajstić information content (AvgIpc) is 3.42. The van der Waals surface area contributed by atoms with E-state index in [1.165, 1.54) is 12.3 Å². The van der Waals surface area contributed by atoms with Gasteiger partial charge < -0.3 is 20.3 Å². The fourth-order valence-electron chi connectivity index (χ4n) is 4.01. The molecule has 0 aliphatic carbocycles. The van der Waals surface area contributed by atoms with Gasteiger partial charge in [0.15, 0.2) is 5.78 Å². The lowest BCUT2D eigenvalue weighted by atomic mass is 10.1. The number of rotatable bonds is 8. The molecule has 2 aromatic carbocycles. The predicted molar refractivity (Wildman–Crippen MR) is 134 cm³/mol. The van der Waals surface area contributed by atoms with Crippen molar-refractivity contribution in [2.75, 3.05) is 23.3 Å². The number of amides is 2. The van der Waals surface area contributed by atoms with Crippen molar-refractivity contribution in [3.63, 3.8) is 0 Å². The summed E-state index contributed by atoms with van der Waals surface area (Å²) in [4.78, 5) is 30.4. The minimum atomic E-state index is -4.51.